The minimum Gasteiger partial charge on any atom is -0.378 e. The van der Waals surface area contributed by atoms with Crippen LogP contribution in [0.1, 0.15) is 12.8 Å². The van der Waals surface area contributed by atoms with Gasteiger partial charge in [-0.2, -0.15) is 4.98 Å². The largest absolute Gasteiger partial charge is 0.378 e. The van der Waals surface area contributed by atoms with Crippen molar-refractivity contribution in [3.8, 4) is 11.1 Å². The average Bonchev–Trinajstić information content (AvgIpc) is 3.32. The van der Waals surface area contributed by atoms with Gasteiger partial charge in [0.1, 0.15) is 10.6 Å². The van der Waals surface area contributed by atoms with E-state index in [1.807, 2.05) is 18.2 Å². The Labute approximate surface area is 184 Å². The maximum Gasteiger partial charge on any atom is 0.228 e. The van der Waals surface area contributed by atoms with Gasteiger partial charge in [0, 0.05) is 34.6 Å². The van der Waals surface area contributed by atoms with E-state index in [1.165, 1.54) is 0 Å². The summed E-state index contributed by atoms with van der Waals surface area (Å²) >= 11 is 8.26. The van der Waals surface area contributed by atoms with Crippen LogP contribution in [0.3, 0.4) is 0 Å². The Bertz CT molecular complexity index is 1070. The lowest BCUT2D eigenvalue weighted by molar-refractivity contribution is 0.0903. The molecule has 6 rings (SSSR count). The zero-order valence-corrected chi connectivity index (χ0v) is 18.2. The maximum atomic E-state index is 6.58. The number of aromatic nitrogens is 2. The summed E-state index contributed by atoms with van der Waals surface area (Å²) in [6.07, 6.45) is 2.29. The molecule has 3 saturated heterocycles. The second-order valence-electron chi connectivity index (χ2n) is 8.09. The summed E-state index contributed by atoms with van der Waals surface area (Å²) in [6.45, 7) is 4.61. The molecular weight excluding hydrogens is 420 g/mol. The van der Waals surface area contributed by atoms with E-state index in [-0.39, 0.29) is 0 Å². The first-order valence-corrected chi connectivity index (χ1v) is 11.8. The van der Waals surface area contributed by atoms with Crippen LogP contribution in [0.25, 0.3) is 21.3 Å². The number of benzene rings is 1. The molecule has 156 valence electrons. The van der Waals surface area contributed by atoms with E-state index in [1.54, 1.807) is 11.3 Å². The van der Waals surface area contributed by atoms with Gasteiger partial charge in [0.2, 0.25) is 5.95 Å². The Morgan fingerprint density at radius 3 is 2.50 bits per heavy atom. The molecule has 3 fully saturated rings. The molecule has 2 aromatic heterocycles. The standard InChI is InChI=1S/C22H23ClN4O2S/c23-18-4-2-1-3-16(18)17-13-30-21-19(17)20(27-14-5-6-15(27)12-29-11-14)24-22(25-21)26-7-9-28-10-8-26/h1-4,13-15H,5-12H2. The number of ether oxygens (including phenoxy) is 2. The Hall–Kier alpha value is -1.93. The van der Waals surface area contributed by atoms with Crippen molar-refractivity contribution in [2.24, 2.45) is 0 Å². The van der Waals surface area contributed by atoms with E-state index >= 15 is 0 Å². The number of rotatable bonds is 3. The van der Waals surface area contributed by atoms with Crippen LogP contribution in [0.4, 0.5) is 11.8 Å². The molecule has 0 N–H and O–H groups in total. The van der Waals surface area contributed by atoms with E-state index in [4.69, 9.17) is 31.0 Å². The summed E-state index contributed by atoms with van der Waals surface area (Å²) in [6, 6.07) is 8.78. The summed E-state index contributed by atoms with van der Waals surface area (Å²) in [5.41, 5.74) is 2.16. The molecule has 2 unspecified atom stereocenters. The van der Waals surface area contributed by atoms with Gasteiger partial charge in [-0.25, -0.2) is 4.98 Å². The highest BCUT2D eigenvalue weighted by atomic mass is 35.5. The molecule has 0 aliphatic carbocycles. The second kappa shape index (κ2) is 7.64. The van der Waals surface area contributed by atoms with Gasteiger partial charge in [0.05, 0.1) is 43.9 Å². The van der Waals surface area contributed by atoms with E-state index in [9.17, 15) is 0 Å². The molecular formula is C22H23ClN4O2S. The Balaban J connectivity index is 1.56. The van der Waals surface area contributed by atoms with Crippen molar-refractivity contribution in [1.29, 1.82) is 0 Å². The van der Waals surface area contributed by atoms with E-state index in [0.717, 1.165) is 90.5 Å². The van der Waals surface area contributed by atoms with Crippen LogP contribution in [0.5, 0.6) is 0 Å². The van der Waals surface area contributed by atoms with Gasteiger partial charge in [0.15, 0.2) is 0 Å². The van der Waals surface area contributed by atoms with E-state index in [0.29, 0.717) is 12.1 Å². The maximum absolute atomic E-state index is 6.58. The lowest BCUT2D eigenvalue weighted by atomic mass is 10.1. The van der Waals surface area contributed by atoms with Crippen LogP contribution < -0.4 is 9.80 Å². The number of thiophene rings is 1. The Morgan fingerprint density at radius 2 is 1.73 bits per heavy atom. The molecule has 2 atom stereocenters. The summed E-state index contributed by atoms with van der Waals surface area (Å²) in [4.78, 5) is 15.9. The Morgan fingerprint density at radius 1 is 0.967 bits per heavy atom. The first-order valence-electron chi connectivity index (χ1n) is 10.5. The van der Waals surface area contributed by atoms with Gasteiger partial charge >= 0.3 is 0 Å². The van der Waals surface area contributed by atoms with Crippen LogP contribution in [0.15, 0.2) is 29.6 Å². The topological polar surface area (TPSA) is 50.7 Å². The van der Waals surface area contributed by atoms with Crippen LogP contribution in [0.2, 0.25) is 5.02 Å². The zero-order chi connectivity index (χ0) is 20.1. The number of anilines is 2. The monoisotopic (exact) mass is 442 g/mol. The van der Waals surface area contributed by atoms with Crippen molar-refractivity contribution >= 4 is 44.9 Å². The van der Waals surface area contributed by atoms with Gasteiger partial charge in [-0.1, -0.05) is 29.8 Å². The first kappa shape index (κ1) is 18.8. The molecule has 8 heteroatoms. The second-order valence-corrected chi connectivity index (χ2v) is 9.35. The van der Waals surface area contributed by atoms with Crippen LogP contribution in [0, 0.1) is 0 Å². The average molecular weight is 443 g/mol. The summed E-state index contributed by atoms with van der Waals surface area (Å²) in [7, 11) is 0. The highest BCUT2D eigenvalue weighted by Gasteiger charge is 2.40. The van der Waals surface area contributed by atoms with E-state index < -0.39 is 0 Å². The lowest BCUT2D eigenvalue weighted by Crippen LogP contribution is -2.46. The number of halogens is 1. The third-order valence-corrected chi connectivity index (χ3v) is 7.55. The summed E-state index contributed by atoms with van der Waals surface area (Å²) < 4.78 is 11.4. The fourth-order valence-electron chi connectivity index (χ4n) is 4.86. The molecule has 6 nitrogen and oxygen atoms in total. The minimum absolute atomic E-state index is 0.374. The minimum atomic E-state index is 0.374. The number of fused-ring (bicyclic) bond motifs is 3. The normalized spacial score (nSPS) is 24.0. The van der Waals surface area contributed by atoms with Gasteiger partial charge < -0.3 is 19.3 Å². The van der Waals surface area contributed by atoms with E-state index in [2.05, 4.69) is 21.2 Å². The van der Waals surface area contributed by atoms with Crippen molar-refractivity contribution in [1.82, 2.24) is 9.97 Å². The summed E-state index contributed by atoms with van der Waals surface area (Å²) in [5.74, 6) is 1.84. The number of hydrogen-bond donors (Lipinski definition) is 0. The van der Waals surface area contributed by atoms with Crippen LogP contribution in [-0.2, 0) is 9.47 Å². The molecule has 1 aromatic carbocycles. The third kappa shape index (κ3) is 3.07. The summed E-state index contributed by atoms with van der Waals surface area (Å²) in [5, 5.41) is 4.05. The number of nitrogens with zero attached hydrogens (tertiary/aromatic N) is 4. The fourth-order valence-corrected chi connectivity index (χ4v) is 6.02. The Kier molecular flexibility index (Phi) is 4.79. The molecule has 3 aromatic rings. The third-order valence-electron chi connectivity index (χ3n) is 6.35. The molecule has 5 heterocycles. The van der Waals surface area contributed by atoms with Gasteiger partial charge in [-0.05, 0) is 18.9 Å². The number of morpholine rings is 2. The highest BCUT2D eigenvalue weighted by molar-refractivity contribution is 7.17. The number of hydrogen-bond acceptors (Lipinski definition) is 7. The predicted octanol–water partition coefficient (Wildman–Crippen LogP) is 4.22. The van der Waals surface area contributed by atoms with Crippen molar-refractivity contribution < 1.29 is 9.47 Å². The van der Waals surface area contributed by atoms with Crippen molar-refractivity contribution in [2.75, 3.05) is 49.3 Å². The van der Waals surface area contributed by atoms with Crippen LogP contribution >= 0.6 is 22.9 Å². The predicted molar refractivity (Wildman–Crippen MR) is 121 cm³/mol. The molecule has 0 saturated carbocycles. The quantitative estimate of drug-likeness (QED) is 0.605. The van der Waals surface area contributed by atoms with Crippen molar-refractivity contribution in [2.45, 2.75) is 24.9 Å². The fraction of sp³-hybridized carbons (Fsp3) is 0.455. The highest BCUT2D eigenvalue weighted by Crippen LogP contribution is 2.44. The molecule has 3 aliphatic heterocycles. The van der Waals surface area contributed by atoms with Crippen molar-refractivity contribution in [3.05, 3.63) is 34.7 Å². The SMILES string of the molecule is Clc1ccccc1-c1csc2nc(N3CCOCC3)nc(N3C4CCC3COC4)c12. The van der Waals surface area contributed by atoms with Crippen LogP contribution in [-0.4, -0.2) is 61.6 Å². The molecule has 0 amide bonds. The van der Waals surface area contributed by atoms with Gasteiger partial charge in [0.25, 0.3) is 0 Å². The van der Waals surface area contributed by atoms with Gasteiger partial charge in [-0.3, -0.25) is 0 Å². The molecule has 0 spiro atoms. The lowest BCUT2D eigenvalue weighted by Gasteiger charge is -2.37. The molecule has 2 bridgehead atoms. The van der Waals surface area contributed by atoms with Gasteiger partial charge in [-0.15, -0.1) is 11.3 Å². The first-order chi connectivity index (χ1) is 14.8. The van der Waals surface area contributed by atoms with Crippen molar-refractivity contribution in [3.63, 3.8) is 0 Å². The zero-order valence-electron chi connectivity index (χ0n) is 16.6. The molecule has 3 aliphatic rings. The smallest absolute Gasteiger partial charge is 0.228 e. The molecule has 30 heavy (non-hydrogen) atoms. The molecule has 0 radical (unpaired) electrons.